The van der Waals surface area contributed by atoms with E-state index in [4.69, 9.17) is 18.9 Å². The average Bonchev–Trinajstić information content (AvgIpc) is 3.37. The molecule has 0 aliphatic carbocycles. The second-order valence-electron chi connectivity index (χ2n) is 20.8. The summed E-state index contributed by atoms with van der Waals surface area (Å²) in [5, 5.41) is 86.3. The number of carbonyl (C=O) groups is 1. The van der Waals surface area contributed by atoms with Crippen molar-refractivity contribution in [2.24, 2.45) is 0 Å². The molecule has 12 atom stereocenters. The normalized spacial score (nSPS) is 25.9. The smallest absolute Gasteiger partial charge is 0.220 e. The molecule has 2 aliphatic heterocycles. The van der Waals surface area contributed by atoms with Gasteiger partial charge in [0.05, 0.1) is 32.0 Å². The minimum absolute atomic E-state index is 0.213. The quantitative estimate of drug-likeness (QED) is 0.0205. The average molecular weight is 1010 g/mol. The van der Waals surface area contributed by atoms with Crippen molar-refractivity contribution < 1.29 is 64.6 Å². The van der Waals surface area contributed by atoms with Crippen LogP contribution in [0.4, 0.5) is 0 Å². The van der Waals surface area contributed by atoms with Crippen molar-refractivity contribution in [2.45, 2.75) is 312 Å². The van der Waals surface area contributed by atoms with Crippen molar-refractivity contribution in [2.75, 3.05) is 19.8 Å². The number of nitrogens with one attached hydrogen (secondary N) is 1. The molecular formula is C57H107NO13. The lowest BCUT2D eigenvalue weighted by Gasteiger charge is -2.46. The predicted molar refractivity (Wildman–Crippen MR) is 282 cm³/mol. The van der Waals surface area contributed by atoms with Gasteiger partial charge in [0.15, 0.2) is 12.6 Å². The Labute approximate surface area is 430 Å². The van der Waals surface area contributed by atoms with Crippen LogP contribution < -0.4 is 5.32 Å². The first-order valence-electron chi connectivity index (χ1n) is 29.1. The zero-order valence-corrected chi connectivity index (χ0v) is 44.7. The third-order valence-corrected chi connectivity index (χ3v) is 14.4. The molecule has 14 nitrogen and oxygen atoms in total. The van der Waals surface area contributed by atoms with Crippen LogP contribution in [0.25, 0.3) is 0 Å². The molecule has 1 amide bonds. The fourth-order valence-corrected chi connectivity index (χ4v) is 9.68. The molecule has 2 saturated heterocycles. The number of aliphatic hydroxyl groups excluding tert-OH is 8. The van der Waals surface area contributed by atoms with E-state index in [2.05, 4.69) is 43.5 Å². The molecule has 2 aliphatic rings. The Kier molecular flexibility index (Phi) is 40.4. The SMILES string of the molecule is CCCCCCC/C=C\C/C=C\CCCCCCCCCCCCCCCCCCCCCCCC(=O)NC(COC1OC(CO)C(OC2OC(CO)C(O)C(O)C2O)C(O)C1O)C(O)CCCCCC. The fraction of sp³-hybridized carbons (Fsp3) is 0.912. The molecule has 71 heavy (non-hydrogen) atoms. The van der Waals surface area contributed by atoms with Crippen LogP contribution >= 0.6 is 0 Å². The van der Waals surface area contributed by atoms with Gasteiger partial charge in [0.2, 0.25) is 5.91 Å². The van der Waals surface area contributed by atoms with Crippen molar-refractivity contribution in [3.8, 4) is 0 Å². The highest BCUT2D eigenvalue weighted by Crippen LogP contribution is 2.30. The Morgan fingerprint density at radius 3 is 1.41 bits per heavy atom. The summed E-state index contributed by atoms with van der Waals surface area (Å²) >= 11 is 0. The van der Waals surface area contributed by atoms with Crippen LogP contribution in [0, 0.1) is 0 Å². The minimum Gasteiger partial charge on any atom is -0.394 e. The van der Waals surface area contributed by atoms with Crippen LogP contribution in [0.15, 0.2) is 24.3 Å². The van der Waals surface area contributed by atoms with Gasteiger partial charge in [-0.25, -0.2) is 0 Å². The standard InChI is InChI=1S/C57H107NO13/c1-3-5-7-9-10-11-12-13-14-15-16-17-18-19-20-21-22-23-24-25-26-27-28-29-30-31-32-33-34-35-36-37-39-41-49(62)58-45(46(61)40-38-8-6-4-2)44-68-56-54(67)52(65)55(48(43-60)70-56)71-57-53(66)51(64)50(63)47(42-59)69-57/h12-13,15-16,45-48,50-57,59-61,63-67H,3-11,14,17-44H2,1-2H3,(H,58,62)/b13-12-,16-15-. The van der Waals surface area contributed by atoms with E-state index in [0.717, 1.165) is 57.8 Å². The Bertz CT molecular complexity index is 1290. The molecule has 0 saturated carbocycles. The number of allylic oxidation sites excluding steroid dienone is 4. The Balaban J connectivity index is 1.51. The van der Waals surface area contributed by atoms with E-state index in [1.807, 2.05) is 0 Å². The first kappa shape index (κ1) is 65.6. The molecule has 0 spiro atoms. The number of amides is 1. The maximum Gasteiger partial charge on any atom is 0.220 e. The number of ether oxygens (including phenoxy) is 4. The molecule has 2 rings (SSSR count). The molecule has 9 N–H and O–H groups in total. The molecule has 2 fully saturated rings. The van der Waals surface area contributed by atoms with Gasteiger partial charge in [-0.3, -0.25) is 4.79 Å². The topological polar surface area (TPSA) is 228 Å². The van der Waals surface area contributed by atoms with E-state index in [-0.39, 0.29) is 12.5 Å². The Morgan fingerprint density at radius 2 is 0.930 bits per heavy atom. The number of aliphatic hydroxyl groups is 8. The van der Waals surface area contributed by atoms with E-state index in [0.29, 0.717) is 12.8 Å². The first-order chi connectivity index (χ1) is 34.6. The van der Waals surface area contributed by atoms with Crippen molar-refractivity contribution in [3.05, 3.63) is 24.3 Å². The third-order valence-electron chi connectivity index (χ3n) is 14.4. The van der Waals surface area contributed by atoms with E-state index in [9.17, 15) is 45.6 Å². The molecule has 12 unspecified atom stereocenters. The maximum atomic E-state index is 13.1. The molecule has 0 bridgehead atoms. The largest absolute Gasteiger partial charge is 0.394 e. The summed E-state index contributed by atoms with van der Waals surface area (Å²) in [6, 6.07) is -0.821. The van der Waals surface area contributed by atoms with Crippen LogP contribution in [0.5, 0.6) is 0 Å². The van der Waals surface area contributed by atoms with Gasteiger partial charge in [-0.2, -0.15) is 0 Å². The predicted octanol–water partition coefficient (Wildman–Crippen LogP) is 9.28. The number of carbonyl (C=O) groups excluding carboxylic acids is 1. The second kappa shape index (κ2) is 43.7. The lowest BCUT2D eigenvalue weighted by atomic mass is 9.97. The van der Waals surface area contributed by atoms with E-state index < -0.39 is 86.8 Å². The third kappa shape index (κ3) is 30.0. The van der Waals surface area contributed by atoms with Gasteiger partial charge < -0.3 is 65.1 Å². The van der Waals surface area contributed by atoms with Crippen molar-refractivity contribution in [1.82, 2.24) is 5.32 Å². The zero-order valence-electron chi connectivity index (χ0n) is 44.7. The van der Waals surface area contributed by atoms with Gasteiger partial charge in [0.1, 0.15) is 48.8 Å². The summed E-state index contributed by atoms with van der Waals surface area (Å²) in [4.78, 5) is 13.1. The number of unbranched alkanes of at least 4 members (excludes halogenated alkanes) is 29. The van der Waals surface area contributed by atoms with E-state index in [1.165, 1.54) is 154 Å². The highest BCUT2D eigenvalue weighted by Gasteiger charge is 2.51. The Hall–Kier alpha value is -1.53. The van der Waals surface area contributed by atoms with E-state index >= 15 is 0 Å². The van der Waals surface area contributed by atoms with Crippen LogP contribution in [-0.4, -0.2) is 140 Å². The summed E-state index contributed by atoms with van der Waals surface area (Å²) in [5.41, 5.74) is 0. The monoisotopic (exact) mass is 1010 g/mol. The lowest BCUT2D eigenvalue weighted by Crippen LogP contribution is -2.65. The molecule has 0 radical (unpaired) electrons. The zero-order chi connectivity index (χ0) is 51.7. The molecular weight excluding hydrogens is 907 g/mol. The minimum atomic E-state index is -1.78. The summed E-state index contributed by atoms with van der Waals surface area (Å²) < 4.78 is 22.6. The van der Waals surface area contributed by atoms with Gasteiger partial charge in [-0.15, -0.1) is 0 Å². The molecule has 0 aromatic rings. The number of hydrogen-bond donors (Lipinski definition) is 9. The summed E-state index contributed by atoms with van der Waals surface area (Å²) in [5.74, 6) is -0.213. The van der Waals surface area contributed by atoms with Crippen LogP contribution in [0.3, 0.4) is 0 Å². The summed E-state index contributed by atoms with van der Waals surface area (Å²) in [7, 11) is 0. The molecule has 2 heterocycles. The van der Waals surface area contributed by atoms with Crippen LogP contribution in [0.2, 0.25) is 0 Å². The molecule has 0 aromatic heterocycles. The second-order valence-corrected chi connectivity index (χ2v) is 20.8. The summed E-state index contributed by atoms with van der Waals surface area (Å²) in [6.07, 6.45) is 34.5. The highest BCUT2D eigenvalue weighted by atomic mass is 16.7. The fourth-order valence-electron chi connectivity index (χ4n) is 9.68. The van der Waals surface area contributed by atoms with E-state index in [1.54, 1.807) is 0 Å². The molecule has 0 aromatic carbocycles. The van der Waals surface area contributed by atoms with Gasteiger partial charge in [0.25, 0.3) is 0 Å². The number of hydrogen-bond acceptors (Lipinski definition) is 13. The Morgan fingerprint density at radius 1 is 0.507 bits per heavy atom. The number of rotatable bonds is 46. The molecule has 418 valence electrons. The van der Waals surface area contributed by atoms with Gasteiger partial charge >= 0.3 is 0 Å². The van der Waals surface area contributed by atoms with Crippen LogP contribution in [-0.2, 0) is 23.7 Å². The maximum absolute atomic E-state index is 13.1. The molecule has 14 heteroatoms. The van der Waals surface area contributed by atoms with Gasteiger partial charge in [0, 0.05) is 6.42 Å². The summed E-state index contributed by atoms with van der Waals surface area (Å²) in [6.45, 7) is 2.72. The highest BCUT2D eigenvalue weighted by molar-refractivity contribution is 5.76. The van der Waals surface area contributed by atoms with Crippen LogP contribution in [0.1, 0.15) is 239 Å². The van der Waals surface area contributed by atoms with Gasteiger partial charge in [-0.1, -0.05) is 212 Å². The van der Waals surface area contributed by atoms with Crippen molar-refractivity contribution in [3.63, 3.8) is 0 Å². The lowest BCUT2D eigenvalue weighted by molar-refractivity contribution is -0.359. The van der Waals surface area contributed by atoms with Gasteiger partial charge in [-0.05, 0) is 44.9 Å². The van der Waals surface area contributed by atoms with Crippen molar-refractivity contribution in [1.29, 1.82) is 0 Å². The first-order valence-corrected chi connectivity index (χ1v) is 29.1. The van der Waals surface area contributed by atoms with Crippen molar-refractivity contribution >= 4 is 5.91 Å².